The maximum atomic E-state index is 14.2. The van der Waals surface area contributed by atoms with Crippen LogP contribution in [0.5, 0.6) is 11.8 Å². The molecule has 6 amide bonds. The quantitative estimate of drug-likeness (QED) is 0.0194. The number of carboxylic acids is 2. The highest BCUT2D eigenvalue weighted by atomic mass is 32.2. The van der Waals surface area contributed by atoms with Gasteiger partial charge in [0.15, 0.2) is 17.4 Å². The number of nitrogens with one attached hydrogen (secondary N) is 4. The van der Waals surface area contributed by atoms with E-state index >= 15 is 0 Å². The monoisotopic (exact) mass is 1960 g/mol. The van der Waals surface area contributed by atoms with Gasteiger partial charge in [0, 0.05) is 54.1 Å². The van der Waals surface area contributed by atoms with E-state index < -0.39 is 154 Å². The average molecular weight is 1960 g/mol. The van der Waals surface area contributed by atoms with Gasteiger partial charge in [0.1, 0.15) is 29.3 Å². The molecular weight excluding hydrogens is 1820 g/mol. The number of carbonyl (C=O) groups excluding carboxylic acids is 7. The number of fused-ring (bicyclic) bond motifs is 2. The zero-order chi connectivity index (χ0) is 102. The highest BCUT2D eigenvalue weighted by Crippen LogP contribution is 2.58. The maximum absolute atomic E-state index is 14.2. The van der Waals surface area contributed by atoms with Gasteiger partial charge in [0.05, 0.1) is 78.2 Å². The number of sulfonamides is 4. The molecule has 5 aliphatic carbocycles. The van der Waals surface area contributed by atoms with Gasteiger partial charge < -0.3 is 41.0 Å². The number of aryl methyl sites for hydroxylation is 2. The normalized spacial score (nSPS) is 25.6. The van der Waals surface area contributed by atoms with Crippen molar-refractivity contribution in [1.29, 1.82) is 0 Å². The smallest absolute Gasteiger partial charge is 0.326 e. The summed E-state index contributed by atoms with van der Waals surface area (Å²) in [5.41, 5.74) is 11.5. The van der Waals surface area contributed by atoms with Crippen LogP contribution in [0.1, 0.15) is 187 Å². The third-order valence-corrected chi connectivity index (χ3v) is 33.7. The predicted octanol–water partition coefficient (Wildman–Crippen LogP) is 12.2. The Kier molecular flexibility index (Phi) is 34.5. The lowest BCUT2D eigenvalue weighted by atomic mass is 9.81. The first-order valence-electron chi connectivity index (χ1n) is 45.4. The molecule has 4 heterocycles. The molecule has 16 atom stereocenters. The number of likely N-dealkylation sites (tertiary alicyclic amines) is 2. The second kappa shape index (κ2) is 42.5. The van der Waals surface area contributed by atoms with Crippen molar-refractivity contribution in [3.63, 3.8) is 0 Å². The summed E-state index contributed by atoms with van der Waals surface area (Å²) in [7, 11) is -14.6. The Bertz CT molecular complexity index is 5890. The fourth-order valence-corrected chi connectivity index (χ4v) is 17.9. The molecule has 2 aromatic heterocycles. The van der Waals surface area contributed by atoms with E-state index in [0.29, 0.717) is 54.6 Å². The average Bonchev–Trinajstić information content (AvgIpc) is 1.57. The second-order valence-electron chi connectivity index (χ2n) is 40.3. The number of aliphatic carboxylic acids is 2. The molecule has 0 spiro atoms. The first-order chi connectivity index (χ1) is 62.8. The van der Waals surface area contributed by atoms with E-state index in [0.717, 1.165) is 45.0 Å². The summed E-state index contributed by atoms with van der Waals surface area (Å²) in [6, 6.07) is 29.2. The molecule has 4 aromatic carbocycles. The summed E-state index contributed by atoms with van der Waals surface area (Å²) in [5, 5.41) is 17.2. The molecule has 742 valence electrons. The Morgan fingerprint density at radius 1 is 0.456 bits per heavy atom. The Hall–Kier alpha value is -11.0. The molecule has 6 aromatic rings. The van der Waals surface area contributed by atoms with E-state index in [-0.39, 0.29) is 96.3 Å². The molecule has 13 rings (SSSR count). The van der Waals surface area contributed by atoms with Gasteiger partial charge in [0.25, 0.3) is 11.8 Å². The van der Waals surface area contributed by atoms with Crippen LogP contribution in [0.4, 0.5) is 0 Å². The van der Waals surface area contributed by atoms with Crippen LogP contribution >= 0.6 is 0 Å². The van der Waals surface area contributed by atoms with Crippen LogP contribution in [-0.4, -0.2) is 196 Å². The van der Waals surface area contributed by atoms with E-state index in [2.05, 4.69) is 42.3 Å². The number of ether oxygens (including phenoxy) is 2. The number of carbonyl (C=O) groups is 9. The number of aromatic nitrogens is 4. The largest absolute Gasteiger partial charge is 0.481 e. The van der Waals surface area contributed by atoms with Crippen LogP contribution in [-0.2, 0) is 83.2 Å². The second-order valence-corrected chi connectivity index (χ2v) is 49.3. The Morgan fingerprint density at radius 2 is 0.787 bits per heavy atom. The SMILES string of the molecule is C=CC1CC1(C)C(=O)NS(=O)(=O)C(C)C.C=CC1CC1(C)C(=O)O.C=CC1CC1(CC(=O)C1CC(Oc2nc(-c3ccccc3)nc3ccc(C)cc23)CN1C(=O)[C@@H](C)C(C)(C)C)C(=O)NS(=O)(=O)C(C)C.C=CC1CC1(N)C(=O)NS(=O)(=O)C(C)C.C=CC1CC1(N)C(=O)NS(=O)(=O)C(C)C.Cc1ccc2nc(-c3ccccc3)nc(OC3CC(C(=O)O)N(C(=O)[C@@H](C)C(C)(C)C)C3)c2c1. The van der Waals surface area contributed by atoms with Gasteiger partial charge >= 0.3 is 11.9 Å². The van der Waals surface area contributed by atoms with Crippen molar-refractivity contribution in [2.45, 2.75) is 246 Å². The van der Waals surface area contributed by atoms with Gasteiger partial charge in [0.2, 0.25) is 75.5 Å². The minimum Gasteiger partial charge on any atom is -0.481 e. The number of amides is 6. The predicted molar refractivity (Wildman–Crippen MR) is 523 cm³/mol. The van der Waals surface area contributed by atoms with Crippen molar-refractivity contribution in [1.82, 2.24) is 48.6 Å². The molecule has 10 N–H and O–H groups in total. The molecule has 5 saturated carbocycles. The highest BCUT2D eigenvalue weighted by molar-refractivity contribution is 7.91. The van der Waals surface area contributed by atoms with Crippen LogP contribution in [0.15, 0.2) is 160 Å². The molecule has 2 aliphatic heterocycles. The van der Waals surface area contributed by atoms with Gasteiger partial charge in [-0.3, -0.25) is 57.2 Å². The number of Topliss-reactive ketones (excluding diaryl/α,β-unsaturated/α-hetero) is 1. The van der Waals surface area contributed by atoms with Crippen LogP contribution in [0, 0.1) is 82.3 Å². The van der Waals surface area contributed by atoms with Gasteiger partial charge in [-0.15, -0.1) is 32.9 Å². The molecule has 7 fully saturated rings. The molecule has 37 heteroatoms. The first kappa shape index (κ1) is 110. The number of allylic oxidation sites excluding steroid dienone is 3. The number of nitrogens with zero attached hydrogens (tertiary/aromatic N) is 6. The van der Waals surface area contributed by atoms with E-state index in [1.54, 1.807) is 49.1 Å². The summed E-state index contributed by atoms with van der Waals surface area (Å²) in [4.78, 5) is 134. The third kappa shape index (κ3) is 26.1. The lowest BCUT2D eigenvalue weighted by molar-refractivity contribution is -0.151. The molecule has 136 heavy (non-hydrogen) atoms. The lowest BCUT2D eigenvalue weighted by Gasteiger charge is -2.33. The fourth-order valence-electron chi connectivity index (χ4n) is 15.1. The van der Waals surface area contributed by atoms with E-state index in [1.165, 1.54) is 60.3 Å². The maximum Gasteiger partial charge on any atom is 0.326 e. The Morgan fingerprint density at radius 3 is 1.09 bits per heavy atom. The summed E-state index contributed by atoms with van der Waals surface area (Å²) in [6.45, 7) is 53.4. The van der Waals surface area contributed by atoms with Gasteiger partial charge in [-0.05, 0) is 161 Å². The van der Waals surface area contributed by atoms with Gasteiger partial charge in [-0.1, -0.05) is 177 Å². The van der Waals surface area contributed by atoms with Crippen LogP contribution in [0.3, 0.4) is 0 Å². The summed E-state index contributed by atoms with van der Waals surface area (Å²) in [5.74, 6) is -4.03. The van der Waals surface area contributed by atoms with E-state index in [4.69, 9.17) is 46.0 Å². The van der Waals surface area contributed by atoms with E-state index in [1.807, 2.05) is 176 Å². The molecule has 7 aliphatic rings. The lowest BCUT2D eigenvalue weighted by Crippen LogP contribution is -2.48. The van der Waals surface area contributed by atoms with E-state index in [9.17, 15) is 81.9 Å². The van der Waals surface area contributed by atoms with Crippen molar-refractivity contribution < 1.29 is 96.5 Å². The first-order valence-corrected chi connectivity index (χ1v) is 51.6. The number of nitrogens with two attached hydrogens (primary N) is 2. The topological polar surface area (TPSA) is 507 Å². The van der Waals surface area contributed by atoms with Crippen molar-refractivity contribution >= 4 is 115 Å². The number of carboxylic acid groups (broad SMARTS) is 2. The summed E-state index contributed by atoms with van der Waals surface area (Å²) in [6.07, 6.45) is 9.91. The van der Waals surface area contributed by atoms with Gasteiger partial charge in [-0.2, -0.15) is 9.97 Å². The summed E-state index contributed by atoms with van der Waals surface area (Å²) >= 11 is 0. The molecule has 0 radical (unpaired) electrons. The number of hydrogen-bond acceptors (Lipinski definition) is 25. The van der Waals surface area contributed by atoms with Crippen molar-refractivity contribution in [3.05, 3.63) is 171 Å². The van der Waals surface area contributed by atoms with Crippen LogP contribution in [0.2, 0.25) is 0 Å². The number of ketones is 1. The third-order valence-electron chi connectivity index (χ3n) is 26.8. The fraction of sp³-hybridized carbons (Fsp3) is 0.525. The number of benzene rings is 4. The van der Waals surface area contributed by atoms with Crippen molar-refractivity contribution in [2.75, 3.05) is 13.1 Å². The Balaban J connectivity index is 0.000000222. The summed E-state index contributed by atoms with van der Waals surface area (Å²) < 4.78 is 115. The van der Waals surface area contributed by atoms with Crippen LogP contribution < -0.4 is 39.8 Å². The minimum absolute atomic E-state index is 0.0971. The molecule has 33 nitrogen and oxygen atoms in total. The van der Waals surface area contributed by atoms with Crippen LogP contribution in [0.25, 0.3) is 44.6 Å². The molecule has 2 saturated heterocycles. The molecular formula is C99H136N12O21S4. The molecule has 0 bridgehead atoms. The molecule has 14 unspecified atom stereocenters. The van der Waals surface area contributed by atoms with Crippen molar-refractivity contribution in [3.8, 4) is 34.5 Å². The number of rotatable bonds is 30. The Labute approximate surface area is 800 Å². The number of hydrogen-bond donors (Lipinski definition) is 8. The zero-order valence-corrected chi connectivity index (χ0v) is 84.8. The minimum atomic E-state index is -3.91. The van der Waals surface area contributed by atoms with Crippen molar-refractivity contribution in [2.24, 2.45) is 80.0 Å². The standard InChI is InChI=1S/C37H46N4O6S.C27H31N3O4.C10H17NO3S.2C9H16N2O3S.C7H10O2/c1-9-26-19-37(26,35(44)40-48(45,46)22(2)3)20-31(42)30-18-27(21-41(30)34(43)24(5)36(6,7)8)47-33-28-17-23(4)15-16-29(28)38-32(39-33)25-13-11-10-12-14-25;1-16-11-12-21-20(13-16)24(29-23(28-21)18-9-7-6-8-10-18)34-19-14-22(26(32)33)30(15-19)25(31)17(2)27(3,4)5;1-5-8-6-10(8,4)9(12)11-15(13,14)7(2)3;2*1-4-7-5-9(7,10)8(12)11-15(13,14)6(2)3;1-3-5-4-7(5,2)6(8)9/h9-17,22,24,26-27,30H,1,18-21H2,2-8H3,(H,40,44);6-13,17,19,22H,14-15H2,1-5H3,(H,32,33);5,7-8H,1,6H2,2-4H3,(H,11,12);2*4,6-7H,1,5,10H2,2-3H3,(H,11,12);3,5H,1,4H2,2H3,(H,8,9)/t24-,26?,27?,30?,37?;17-,19?,22?;;;;/m11..../s1. The zero-order valence-electron chi connectivity index (χ0n) is 81.5. The van der Waals surface area contributed by atoms with Gasteiger partial charge in [-0.25, -0.2) is 48.4 Å². The highest BCUT2D eigenvalue weighted by Gasteiger charge is 2.63.